The third-order valence-electron chi connectivity index (χ3n) is 1.34. The highest BCUT2D eigenvalue weighted by Crippen LogP contribution is 2.21. The van der Waals surface area contributed by atoms with Crippen molar-refractivity contribution in [1.29, 1.82) is 0 Å². The first-order valence-electron chi connectivity index (χ1n) is 3.99. The SMILES string of the molecule is CC.NCc1ccc(F)c(Cl)c1F. The summed E-state index contributed by atoms with van der Waals surface area (Å²) >= 11 is 5.26. The van der Waals surface area contributed by atoms with Crippen molar-refractivity contribution >= 4 is 11.6 Å². The van der Waals surface area contributed by atoms with Crippen LogP contribution in [-0.2, 0) is 6.54 Å². The Balaban J connectivity index is 0.000000671. The Morgan fingerprint density at radius 3 is 2.31 bits per heavy atom. The molecular weight excluding hydrogens is 196 g/mol. The van der Waals surface area contributed by atoms with Crippen LogP contribution in [0.1, 0.15) is 19.4 Å². The second kappa shape index (κ2) is 5.89. The van der Waals surface area contributed by atoms with Crippen molar-refractivity contribution in [3.63, 3.8) is 0 Å². The monoisotopic (exact) mass is 207 g/mol. The van der Waals surface area contributed by atoms with E-state index in [2.05, 4.69) is 0 Å². The van der Waals surface area contributed by atoms with Crippen molar-refractivity contribution < 1.29 is 8.78 Å². The van der Waals surface area contributed by atoms with Gasteiger partial charge in [-0.2, -0.15) is 0 Å². The van der Waals surface area contributed by atoms with E-state index in [4.69, 9.17) is 17.3 Å². The second-order valence-electron chi connectivity index (χ2n) is 2.04. The lowest BCUT2D eigenvalue weighted by Crippen LogP contribution is -2.00. The summed E-state index contributed by atoms with van der Waals surface area (Å²) in [5.41, 5.74) is 5.37. The molecule has 4 heteroatoms. The van der Waals surface area contributed by atoms with Crippen LogP contribution in [0.4, 0.5) is 8.78 Å². The predicted molar refractivity (Wildman–Crippen MR) is 50.6 cm³/mol. The summed E-state index contributed by atoms with van der Waals surface area (Å²) in [6.45, 7) is 4.02. The Morgan fingerprint density at radius 2 is 1.85 bits per heavy atom. The molecule has 0 spiro atoms. The van der Waals surface area contributed by atoms with Crippen LogP contribution >= 0.6 is 11.6 Å². The number of hydrogen-bond acceptors (Lipinski definition) is 1. The Bertz CT molecular complexity index is 277. The van der Waals surface area contributed by atoms with Gasteiger partial charge in [-0.1, -0.05) is 31.5 Å². The topological polar surface area (TPSA) is 26.0 Å². The molecular formula is C9H12ClF2N. The van der Waals surface area contributed by atoms with Crippen LogP contribution in [0.25, 0.3) is 0 Å². The van der Waals surface area contributed by atoms with Crippen molar-refractivity contribution in [3.05, 3.63) is 34.4 Å². The molecule has 1 nitrogen and oxygen atoms in total. The average molecular weight is 208 g/mol. The zero-order valence-corrected chi connectivity index (χ0v) is 8.33. The minimum absolute atomic E-state index is 0.0197. The van der Waals surface area contributed by atoms with Crippen molar-refractivity contribution in [2.75, 3.05) is 0 Å². The lowest BCUT2D eigenvalue weighted by atomic mass is 10.2. The van der Waals surface area contributed by atoms with E-state index >= 15 is 0 Å². The summed E-state index contributed by atoms with van der Waals surface area (Å²) in [5.74, 6) is -1.53. The van der Waals surface area contributed by atoms with Crippen LogP contribution in [0.15, 0.2) is 12.1 Å². The van der Waals surface area contributed by atoms with Gasteiger partial charge in [-0.15, -0.1) is 0 Å². The van der Waals surface area contributed by atoms with Crippen LogP contribution in [0.2, 0.25) is 5.02 Å². The van der Waals surface area contributed by atoms with Crippen molar-refractivity contribution in [1.82, 2.24) is 0 Å². The van der Waals surface area contributed by atoms with Gasteiger partial charge in [0.25, 0.3) is 0 Å². The first-order chi connectivity index (χ1) is 6.16. The fourth-order valence-electron chi connectivity index (χ4n) is 0.724. The molecule has 0 fully saturated rings. The zero-order chi connectivity index (χ0) is 10.4. The Morgan fingerprint density at radius 1 is 1.31 bits per heavy atom. The van der Waals surface area contributed by atoms with E-state index in [9.17, 15) is 8.78 Å². The molecule has 0 saturated carbocycles. The first kappa shape index (κ1) is 12.3. The number of benzene rings is 1. The number of hydrogen-bond donors (Lipinski definition) is 1. The number of nitrogens with two attached hydrogens (primary N) is 1. The molecule has 0 radical (unpaired) electrons. The minimum atomic E-state index is -0.769. The third-order valence-corrected chi connectivity index (χ3v) is 1.68. The van der Waals surface area contributed by atoms with Gasteiger partial charge in [0.15, 0.2) is 0 Å². The van der Waals surface area contributed by atoms with Gasteiger partial charge in [0.1, 0.15) is 16.7 Å². The normalized spacial score (nSPS) is 9.08. The standard InChI is InChI=1S/C7H6ClF2N.C2H6/c8-6-5(9)2-1-4(3-11)7(6)10;1-2/h1-2H,3,11H2;1-2H3. The molecule has 0 saturated heterocycles. The second-order valence-corrected chi connectivity index (χ2v) is 2.42. The highest BCUT2D eigenvalue weighted by atomic mass is 35.5. The van der Waals surface area contributed by atoms with Crippen LogP contribution in [0.3, 0.4) is 0 Å². The van der Waals surface area contributed by atoms with Gasteiger partial charge in [0, 0.05) is 12.1 Å². The van der Waals surface area contributed by atoms with E-state index in [1.54, 1.807) is 0 Å². The van der Waals surface area contributed by atoms with Crippen molar-refractivity contribution in [3.8, 4) is 0 Å². The zero-order valence-electron chi connectivity index (χ0n) is 7.57. The summed E-state index contributed by atoms with van der Waals surface area (Å²) in [7, 11) is 0. The molecule has 0 aliphatic heterocycles. The molecule has 13 heavy (non-hydrogen) atoms. The molecule has 0 aliphatic rings. The van der Waals surface area contributed by atoms with Gasteiger partial charge >= 0.3 is 0 Å². The fourth-order valence-corrected chi connectivity index (χ4v) is 0.908. The van der Waals surface area contributed by atoms with Gasteiger partial charge < -0.3 is 5.73 Å². The van der Waals surface area contributed by atoms with E-state index in [-0.39, 0.29) is 12.1 Å². The molecule has 0 bridgehead atoms. The van der Waals surface area contributed by atoms with Crippen molar-refractivity contribution in [2.45, 2.75) is 20.4 Å². The molecule has 2 N–H and O–H groups in total. The lowest BCUT2D eigenvalue weighted by Gasteiger charge is -2.00. The summed E-state index contributed by atoms with van der Waals surface area (Å²) in [6.07, 6.45) is 0. The van der Waals surface area contributed by atoms with Gasteiger partial charge in [-0.3, -0.25) is 0 Å². The summed E-state index contributed by atoms with van der Waals surface area (Å²) in [4.78, 5) is 0. The van der Waals surface area contributed by atoms with Gasteiger partial charge in [0.05, 0.1) is 0 Å². The molecule has 1 rings (SSSR count). The molecule has 1 aromatic carbocycles. The van der Waals surface area contributed by atoms with Crippen molar-refractivity contribution in [2.24, 2.45) is 5.73 Å². The highest BCUT2D eigenvalue weighted by Gasteiger charge is 2.09. The van der Waals surface area contributed by atoms with Gasteiger partial charge in [0.2, 0.25) is 0 Å². The smallest absolute Gasteiger partial charge is 0.149 e. The van der Waals surface area contributed by atoms with E-state index in [0.717, 1.165) is 6.07 Å². The first-order valence-corrected chi connectivity index (χ1v) is 4.37. The summed E-state index contributed by atoms with van der Waals surface area (Å²) < 4.78 is 25.3. The van der Waals surface area contributed by atoms with E-state index in [0.29, 0.717) is 0 Å². The molecule has 0 heterocycles. The van der Waals surface area contributed by atoms with E-state index < -0.39 is 16.7 Å². The average Bonchev–Trinajstić information content (AvgIpc) is 2.18. The van der Waals surface area contributed by atoms with Crippen LogP contribution in [0.5, 0.6) is 0 Å². The maximum absolute atomic E-state index is 12.8. The third kappa shape index (κ3) is 2.94. The van der Waals surface area contributed by atoms with E-state index in [1.165, 1.54) is 6.07 Å². The number of halogens is 3. The lowest BCUT2D eigenvalue weighted by molar-refractivity contribution is 0.573. The fraction of sp³-hybridized carbons (Fsp3) is 0.333. The van der Waals surface area contributed by atoms with Crippen LogP contribution in [0, 0.1) is 11.6 Å². The quantitative estimate of drug-likeness (QED) is 0.704. The maximum atomic E-state index is 12.8. The predicted octanol–water partition coefficient (Wildman–Crippen LogP) is 3.10. The maximum Gasteiger partial charge on any atom is 0.149 e. The molecule has 0 atom stereocenters. The Kier molecular flexibility index (Phi) is 5.58. The van der Waals surface area contributed by atoms with Gasteiger partial charge in [-0.05, 0) is 6.07 Å². The molecule has 1 aromatic rings. The highest BCUT2D eigenvalue weighted by molar-refractivity contribution is 6.30. The van der Waals surface area contributed by atoms with Gasteiger partial charge in [-0.25, -0.2) is 8.78 Å². The van der Waals surface area contributed by atoms with E-state index in [1.807, 2.05) is 13.8 Å². The molecule has 0 aromatic heterocycles. The molecule has 0 unspecified atom stereocenters. The largest absolute Gasteiger partial charge is 0.326 e. The molecule has 0 aliphatic carbocycles. The van der Waals surface area contributed by atoms with Crippen LogP contribution in [-0.4, -0.2) is 0 Å². The Labute approximate surface area is 81.5 Å². The number of rotatable bonds is 1. The molecule has 74 valence electrons. The van der Waals surface area contributed by atoms with Crippen LogP contribution < -0.4 is 5.73 Å². The molecule has 0 amide bonds. The summed E-state index contributed by atoms with van der Waals surface area (Å²) in [6, 6.07) is 2.37. The Hall–Kier alpha value is -0.670. The summed E-state index contributed by atoms with van der Waals surface area (Å²) in [5, 5.41) is -0.493. The minimum Gasteiger partial charge on any atom is -0.326 e.